The average molecular weight is 334 g/mol. The lowest BCUT2D eigenvalue weighted by molar-refractivity contribution is 0.0773. The summed E-state index contributed by atoms with van der Waals surface area (Å²) in [5, 5.41) is 3.20. The molecule has 2 aliphatic heterocycles. The maximum atomic E-state index is 13.0. The van der Waals surface area contributed by atoms with Gasteiger partial charge in [0.2, 0.25) is 10.0 Å². The Morgan fingerprint density at radius 1 is 1.24 bits per heavy atom. The van der Waals surface area contributed by atoms with Crippen LogP contribution in [0.25, 0.3) is 0 Å². The van der Waals surface area contributed by atoms with Crippen molar-refractivity contribution in [3.05, 3.63) is 29.0 Å². The van der Waals surface area contributed by atoms with Gasteiger partial charge in [-0.1, -0.05) is 11.6 Å². The number of nitrogens with zero attached hydrogens (tertiary/aromatic N) is 2. The quantitative estimate of drug-likeness (QED) is 0.887. The van der Waals surface area contributed by atoms with E-state index in [1.54, 1.807) is 0 Å². The van der Waals surface area contributed by atoms with Crippen LogP contribution in [0.4, 0.5) is 4.39 Å². The summed E-state index contributed by atoms with van der Waals surface area (Å²) in [6, 6.07) is 3.64. The Hall–Kier alpha value is -0.730. The molecule has 3 rings (SSSR count). The SMILES string of the molecule is O=S(=O)(c1ccc(F)cc1Cl)N1CC(N2CCNCC2)C1. The molecule has 0 aromatic heterocycles. The molecule has 116 valence electrons. The van der Waals surface area contributed by atoms with Crippen LogP contribution in [0, 0.1) is 5.82 Å². The maximum absolute atomic E-state index is 13.0. The average Bonchev–Trinajstić information content (AvgIpc) is 2.37. The summed E-state index contributed by atoms with van der Waals surface area (Å²) < 4.78 is 39.4. The van der Waals surface area contributed by atoms with Gasteiger partial charge in [0.15, 0.2) is 0 Å². The molecule has 0 saturated carbocycles. The van der Waals surface area contributed by atoms with Crippen molar-refractivity contribution in [2.24, 2.45) is 0 Å². The lowest BCUT2D eigenvalue weighted by atomic mass is 10.1. The highest BCUT2D eigenvalue weighted by Gasteiger charge is 2.40. The molecule has 21 heavy (non-hydrogen) atoms. The van der Waals surface area contributed by atoms with Crippen LogP contribution in [-0.2, 0) is 10.0 Å². The molecule has 1 N–H and O–H groups in total. The first kappa shape index (κ1) is 15.2. The van der Waals surface area contributed by atoms with E-state index >= 15 is 0 Å². The molecule has 0 spiro atoms. The van der Waals surface area contributed by atoms with Crippen molar-refractivity contribution >= 4 is 21.6 Å². The number of halogens is 2. The molecule has 2 aliphatic rings. The van der Waals surface area contributed by atoms with Crippen LogP contribution in [0.1, 0.15) is 0 Å². The molecule has 5 nitrogen and oxygen atoms in total. The predicted molar refractivity (Wildman–Crippen MR) is 78.4 cm³/mol. The standard InChI is InChI=1S/C13H17ClFN3O2S/c14-12-7-10(15)1-2-13(12)21(19,20)18-8-11(9-18)17-5-3-16-4-6-17/h1-2,7,11,16H,3-6,8-9H2. The van der Waals surface area contributed by atoms with Gasteiger partial charge in [0.05, 0.1) is 5.02 Å². The number of piperazine rings is 1. The first-order valence-corrected chi connectivity index (χ1v) is 8.70. The summed E-state index contributed by atoms with van der Waals surface area (Å²) in [6.07, 6.45) is 0. The van der Waals surface area contributed by atoms with Gasteiger partial charge in [0.1, 0.15) is 10.7 Å². The number of sulfonamides is 1. The third-order valence-electron chi connectivity index (χ3n) is 4.01. The number of nitrogens with one attached hydrogen (secondary N) is 1. The summed E-state index contributed by atoms with van der Waals surface area (Å²) >= 11 is 5.86. The van der Waals surface area contributed by atoms with Gasteiger partial charge in [-0.3, -0.25) is 4.90 Å². The van der Waals surface area contributed by atoms with Crippen molar-refractivity contribution in [1.29, 1.82) is 0 Å². The van der Waals surface area contributed by atoms with Gasteiger partial charge >= 0.3 is 0 Å². The third kappa shape index (κ3) is 2.93. The molecule has 0 amide bonds. The molecule has 0 bridgehead atoms. The van der Waals surface area contributed by atoms with Crippen molar-refractivity contribution in [3.8, 4) is 0 Å². The van der Waals surface area contributed by atoms with Crippen LogP contribution in [0.2, 0.25) is 5.02 Å². The second-order valence-corrected chi connectivity index (χ2v) is 7.65. The molecule has 2 heterocycles. The molecule has 0 radical (unpaired) electrons. The minimum atomic E-state index is -3.63. The van der Waals surface area contributed by atoms with Crippen molar-refractivity contribution in [1.82, 2.24) is 14.5 Å². The molecular weight excluding hydrogens is 317 g/mol. The Bertz CT molecular complexity index is 628. The summed E-state index contributed by atoms with van der Waals surface area (Å²) in [5.41, 5.74) is 0. The summed E-state index contributed by atoms with van der Waals surface area (Å²) in [6.45, 7) is 4.69. The number of rotatable bonds is 3. The minimum absolute atomic E-state index is 0.0238. The Labute approximate surface area is 128 Å². The number of hydrogen-bond donors (Lipinski definition) is 1. The number of hydrogen-bond acceptors (Lipinski definition) is 4. The van der Waals surface area contributed by atoms with Gasteiger partial charge in [-0.2, -0.15) is 4.31 Å². The lowest BCUT2D eigenvalue weighted by Crippen LogP contribution is -2.63. The van der Waals surface area contributed by atoms with E-state index in [-0.39, 0.29) is 16.0 Å². The van der Waals surface area contributed by atoms with Crippen LogP contribution in [0.3, 0.4) is 0 Å². The fourth-order valence-corrected chi connectivity index (χ4v) is 4.73. The van der Waals surface area contributed by atoms with E-state index < -0.39 is 15.8 Å². The van der Waals surface area contributed by atoms with Gasteiger partial charge in [-0.15, -0.1) is 0 Å². The van der Waals surface area contributed by atoms with Crippen molar-refractivity contribution < 1.29 is 12.8 Å². The fraction of sp³-hybridized carbons (Fsp3) is 0.538. The van der Waals surface area contributed by atoms with E-state index in [0.717, 1.165) is 38.3 Å². The van der Waals surface area contributed by atoms with Crippen LogP contribution < -0.4 is 5.32 Å². The van der Waals surface area contributed by atoms with E-state index in [1.165, 1.54) is 10.4 Å². The van der Waals surface area contributed by atoms with Crippen molar-refractivity contribution in [2.45, 2.75) is 10.9 Å². The highest BCUT2D eigenvalue weighted by molar-refractivity contribution is 7.89. The van der Waals surface area contributed by atoms with Crippen LogP contribution in [-0.4, -0.2) is 62.9 Å². The minimum Gasteiger partial charge on any atom is -0.314 e. The highest BCUT2D eigenvalue weighted by atomic mass is 35.5. The summed E-state index contributed by atoms with van der Waals surface area (Å²) in [4.78, 5) is 2.28. The molecule has 1 aromatic carbocycles. The molecule has 0 unspecified atom stereocenters. The second kappa shape index (κ2) is 5.81. The van der Waals surface area contributed by atoms with Gasteiger partial charge in [0.25, 0.3) is 0 Å². The topological polar surface area (TPSA) is 52.7 Å². The van der Waals surface area contributed by atoms with Gasteiger partial charge in [-0.05, 0) is 18.2 Å². The maximum Gasteiger partial charge on any atom is 0.244 e. The lowest BCUT2D eigenvalue weighted by Gasteiger charge is -2.45. The Morgan fingerprint density at radius 3 is 2.52 bits per heavy atom. The van der Waals surface area contributed by atoms with Crippen molar-refractivity contribution in [3.63, 3.8) is 0 Å². The first-order valence-electron chi connectivity index (χ1n) is 6.88. The Morgan fingerprint density at radius 2 is 1.90 bits per heavy atom. The Kier molecular flexibility index (Phi) is 4.20. The van der Waals surface area contributed by atoms with E-state index in [0.29, 0.717) is 13.1 Å². The summed E-state index contributed by atoms with van der Waals surface area (Å²) in [5.74, 6) is -0.541. The van der Waals surface area contributed by atoms with Gasteiger partial charge in [-0.25, -0.2) is 12.8 Å². The second-order valence-electron chi connectivity index (χ2n) is 5.34. The predicted octanol–water partition coefficient (Wildman–Crippen LogP) is 0.757. The fourth-order valence-electron chi connectivity index (χ4n) is 2.71. The largest absolute Gasteiger partial charge is 0.314 e. The highest BCUT2D eigenvalue weighted by Crippen LogP contribution is 2.29. The van der Waals surface area contributed by atoms with E-state index in [4.69, 9.17) is 11.6 Å². The first-order chi connectivity index (χ1) is 9.98. The molecule has 0 aliphatic carbocycles. The zero-order chi connectivity index (χ0) is 15.0. The van der Waals surface area contributed by atoms with E-state index in [1.807, 2.05) is 0 Å². The summed E-state index contributed by atoms with van der Waals surface area (Å²) in [7, 11) is -3.63. The number of benzene rings is 1. The van der Waals surface area contributed by atoms with Crippen LogP contribution in [0.5, 0.6) is 0 Å². The molecule has 2 saturated heterocycles. The molecule has 0 atom stereocenters. The van der Waals surface area contributed by atoms with Gasteiger partial charge < -0.3 is 5.32 Å². The molecule has 8 heteroatoms. The zero-order valence-corrected chi connectivity index (χ0v) is 13.0. The van der Waals surface area contributed by atoms with Crippen LogP contribution in [0.15, 0.2) is 23.1 Å². The van der Waals surface area contributed by atoms with Crippen molar-refractivity contribution in [2.75, 3.05) is 39.3 Å². The van der Waals surface area contributed by atoms with Crippen LogP contribution >= 0.6 is 11.6 Å². The van der Waals surface area contributed by atoms with Gasteiger partial charge in [0, 0.05) is 45.3 Å². The Balaban J connectivity index is 1.70. The van der Waals surface area contributed by atoms with E-state index in [2.05, 4.69) is 10.2 Å². The zero-order valence-electron chi connectivity index (χ0n) is 11.4. The molecular formula is C13H17ClFN3O2S. The normalized spacial score (nSPS) is 22.2. The molecule has 1 aromatic rings. The van der Waals surface area contributed by atoms with E-state index in [9.17, 15) is 12.8 Å². The molecule has 2 fully saturated rings. The third-order valence-corrected chi connectivity index (χ3v) is 6.32. The smallest absolute Gasteiger partial charge is 0.244 e. The monoisotopic (exact) mass is 333 g/mol.